The minimum absolute atomic E-state index is 0.0128. The molecule has 0 aromatic carbocycles. The van der Waals surface area contributed by atoms with Crippen molar-refractivity contribution in [3.63, 3.8) is 0 Å². The normalized spacial score (nSPS) is 44.8. The van der Waals surface area contributed by atoms with Gasteiger partial charge < -0.3 is 5.32 Å². The van der Waals surface area contributed by atoms with Crippen molar-refractivity contribution in [3.05, 3.63) is 23.3 Å². The van der Waals surface area contributed by atoms with Gasteiger partial charge in [0.05, 0.1) is 11.0 Å². The second-order valence-electron chi connectivity index (χ2n) is 15.3. The third-order valence-electron chi connectivity index (χ3n) is 12.6. The van der Waals surface area contributed by atoms with E-state index < -0.39 is 16.2 Å². The number of allylic oxidation sites excluding steroid dienone is 4. The topological polar surface area (TPSA) is 87.0 Å². The van der Waals surface area contributed by atoms with Crippen LogP contribution in [-0.4, -0.2) is 24.0 Å². The molecule has 3 fully saturated rings. The van der Waals surface area contributed by atoms with E-state index >= 15 is 0 Å². The van der Waals surface area contributed by atoms with E-state index in [0.29, 0.717) is 6.54 Å². The molecule has 5 aliphatic carbocycles. The third kappa shape index (κ3) is 3.24. The van der Waals surface area contributed by atoms with Gasteiger partial charge in [0.25, 0.3) is 0 Å². The predicted octanol–water partition coefficient (Wildman–Crippen LogP) is 6.34. The summed E-state index contributed by atoms with van der Waals surface area (Å²) in [7, 11) is 0. The van der Waals surface area contributed by atoms with Gasteiger partial charge in [0.2, 0.25) is 5.91 Å². The Balaban J connectivity index is 1.69. The number of carbonyl (C=O) groups is 3. The Bertz CT molecular complexity index is 1220. The van der Waals surface area contributed by atoms with Gasteiger partial charge in [-0.2, -0.15) is 5.26 Å². The summed E-state index contributed by atoms with van der Waals surface area (Å²) in [6.07, 6.45) is 9.99. The van der Waals surface area contributed by atoms with Crippen molar-refractivity contribution in [3.8, 4) is 6.07 Å². The molecule has 7 atom stereocenters. The van der Waals surface area contributed by atoms with Crippen molar-refractivity contribution >= 4 is 17.5 Å². The Morgan fingerprint density at radius 1 is 1.03 bits per heavy atom. The zero-order chi connectivity index (χ0) is 28.1. The average molecular weight is 519 g/mol. The minimum atomic E-state index is -0.662. The SMILES string of the molecule is CCNC(=O)[C@]12CCC(C)(C)CC1C1C(=O)C=C3C4(C)C=C(C#N)C(=O)C(C)(C)[C@@H]4CC[C@@]3(C)[C@]1(C)CC2. The zero-order valence-electron chi connectivity index (χ0n) is 24.7. The van der Waals surface area contributed by atoms with E-state index in [9.17, 15) is 19.6 Å². The second kappa shape index (κ2) is 8.15. The van der Waals surface area contributed by atoms with E-state index in [-0.39, 0.29) is 57.0 Å². The maximum atomic E-state index is 14.5. The van der Waals surface area contributed by atoms with Crippen LogP contribution in [0.15, 0.2) is 23.3 Å². The van der Waals surface area contributed by atoms with Crippen LogP contribution in [0.5, 0.6) is 0 Å². The smallest absolute Gasteiger partial charge is 0.226 e. The van der Waals surface area contributed by atoms with Crippen LogP contribution in [0.1, 0.15) is 100 Å². The largest absolute Gasteiger partial charge is 0.356 e. The second-order valence-corrected chi connectivity index (χ2v) is 15.3. The van der Waals surface area contributed by atoms with Gasteiger partial charge in [-0.15, -0.1) is 0 Å². The molecule has 3 saturated carbocycles. The van der Waals surface area contributed by atoms with Crippen molar-refractivity contribution in [2.24, 2.45) is 50.2 Å². The summed E-state index contributed by atoms with van der Waals surface area (Å²) in [4.78, 5) is 41.4. The molecule has 0 spiro atoms. The number of hydrogen-bond donors (Lipinski definition) is 1. The summed E-state index contributed by atoms with van der Waals surface area (Å²) >= 11 is 0. The molecule has 5 aliphatic rings. The van der Waals surface area contributed by atoms with Crippen LogP contribution in [0.4, 0.5) is 0 Å². The van der Waals surface area contributed by atoms with Crippen molar-refractivity contribution in [1.29, 1.82) is 5.26 Å². The number of hydrogen-bond acceptors (Lipinski definition) is 4. The Morgan fingerprint density at radius 3 is 2.32 bits per heavy atom. The van der Waals surface area contributed by atoms with E-state index in [2.05, 4.69) is 46.0 Å². The maximum Gasteiger partial charge on any atom is 0.226 e. The number of amides is 1. The standard InChI is InChI=1S/C33H46N2O3/c1-9-35-27(38)33-14-12-28(2,3)18-21(33)25-22(36)16-24-30(6)17-20(19-34)26(37)29(4,5)23(30)10-11-31(24,7)32(25,8)13-15-33/h16-17,21,23,25H,9-15,18H2,1-8H3,(H,35,38)/t21?,23-,25?,30?,31+,32+,33-/m0/s1. The molecule has 1 N–H and O–H groups in total. The molecule has 3 unspecified atom stereocenters. The molecule has 5 nitrogen and oxygen atoms in total. The van der Waals surface area contributed by atoms with Gasteiger partial charge in [0.1, 0.15) is 6.07 Å². The number of nitrogens with one attached hydrogen (secondary N) is 1. The lowest BCUT2D eigenvalue weighted by Crippen LogP contribution is -2.66. The van der Waals surface area contributed by atoms with Gasteiger partial charge in [-0.25, -0.2) is 0 Å². The molecular weight excluding hydrogens is 472 g/mol. The third-order valence-corrected chi connectivity index (χ3v) is 12.6. The first-order chi connectivity index (χ1) is 17.5. The lowest BCUT2D eigenvalue weighted by Gasteiger charge is -2.69. The molecule has 1 amide bonds. The summed E-state index contributed by atoms with van der Waals surface area (Å²) in [6, 6.07) is 2.18. The molecule has 5 rings (SSSR count). The average Bonchev–Trinajstić information content (AvgIpc) is 2.82. The van der Waals surface area contributed by atoms with Crippen LogP contribution in [0, 0.1) is 61.6 Å². The van der Waals surface area contributed by atoms with Crippen LogP contribution in [0.3, 0.4) is 0 Å². The van der Waals surface area contributed by atoms with Crippen LogP contribution in [0.2, 0.25) is 0 Å². The fourth-order valence-electron chi connectivity index (χ4n) is 10.4. The number of Topliss-reactive ketones (excluding diaryl/α,β-unsaturated/α-hetero) is 1. The van der Waals surface area contributed by atoms with Gasteiger partial charge in [-0.05, 0) is 86.0 Å². The molecule has 38 heavy (non-hydrogen) atoms. The summed E-state index contributed by atoms with van der Waals surface area (Å²) in [5, 5.41) is 13.0. The molecule has 0 saturated heterocycles. The van der Waals surface area contributed by atoms with E-state index in [1.54, 1.807) is 0 Å². The predicted molar refractivity (Wildman–Crippen MR) is 148 cm³/mol. The monoisotopic (exact) mass is 518 g/mol. The summed E-state index contributed by atoms with van der Waals surface area (Å²) in [5.74, 6) is 0.0635. The molecule has 0 bridgehead atoms. The van der Waals surface area contributed by atoms with Crippen LogP contribution in [-0.2, 0) is 14.4 Å². The summed E-state index contributed by atoms with van der Waals surface area (Å²) in [5.41, 5.74) is -0.788. The molecular formula is C33H46N2O3. The Labute approximate surface area is 228 Å². The Hall–Kier alpha value is -2.22. The molecule has 0 aromatic rings. The van der Waals surface area contributed by atoms with Crippen molar-refractivity contribution < 1.29 is 14.4 Å². The van der Waals surface area contributed by atoms with Crippen LogP contribution >= 0.6 is 0 Å². The van der Waals surface area contributed by atoms with E-state index in [1.807, 2.05) is 32.9 Å². The molecule has 0 aromatic heterocycles. The van der Waals surface area contributed by atoms with Crippen LogP contribution in [0.25, 0.3) is 0 Å². The number of carbonyl (C=O) groups excluding carboxylic acids is 3. The highest BCUT2D eigenvalue weighted by Gasteiger charge is 2.70. The first kappa shape index (κ1) is 27.4. The highest BCUT2D eigenvalue weighted by molar-refractivity contribution is 6.04. The van der Waals surface area contributed by atoms with E-state index in [0.717, 1.165) is 50.5 Å². The van der Waals surface area contributed by atoms with Crippen LogP contribution < -0.4 is 5.32 Å². The first-order valence-electron chi connectivity index (χ1n) is 14.8. The quantitative estimate of drug-likeness (QED) is 0.462. The highest BCUT2D eigenvalue weighted by atomic mass is 16.2. The summed E-state index contributed by atoms with van der Waals surface area (Å²) < 4.78 is 0. The fourth-order valence-corrected chi connectivity index (χ4v) is 10.4. The van der Waals surface area contributed by atoms with Gasteiger partial charge in [0, 0.05) is 23.3 Å². The number of rotatable bonds is 2. The number of fused-ring (bicyclic) bond motifs is 7. The van der Waals surface area contributed by atoms with E-state index in [1.165, 1.54) is 0 Å². The van der Waals surface area contributed by atoms with Crippen molar-refractivity contribution in [2.45, 2.75) is 100 Å². The van der Waals surface area contributed by atoms with Gasteiger partial charge >= 0.3 is 0 Å². The molecule has 0 aliphatic heterocycles. The number of nitrogens with zero attached hydrogens (tertiary/aromatic N) is 1. The summed E-state index contributed by atoms with van der Waals surface area (Å²) in [6.45, 7) is 17.9. The van der Waals surface area contributed by atoms with Gasteiger partial charge in [-0.1, -0.05) is 60.1 Å². The fraction of sp³-hybridized carbons (Fsp3) is 0.758. The Morgan fingerprint density at radius 2 is 1.68 bits per heavy atom. The number of nitriles is 1. The van der Waals surface area contributed by atoms with Crippen molar-refractivity contribution in [1.82, 2.24) is 5.32 Å². The molecule has 0 heterocycles. The van der Waals surface area contributed by atoms with E-state index in [4.69, 9.17) is 0 Å². The Kier molecular flexibility index (Phi) is 5.87. The first-order valence-corrected chi connectivity index (χ1v) is 14.8. The van der Waals surface area contributed by atoms with Gasteiger partial charge in [0.15, 0.2) is 11.6 Å². The maximum absolute atomic E-state index is 14.5. The lowest BCUT2D eigenvalue weighted by molar-refractivity contribution is -0.178. The molecule has 206 valence electrons. The lowest BCUT2D eigenvalue weighted by atomic mass is 9.34. The highest BCUT2D eigenvalue weighted by Crippen LogP contribution is 2.74. The molecule has 5 heteroatoms. The number of ketones is 2. The van der Waals surface area contributed by atoms with Crippen molar-refractivity contribution in [2.75, 3.05) is 6.54 Å². The minimum Gasteiger partial charge on any atom is -0.356 e. The van der Waals surface area contributed by atoms with Gasteiger partial charge in [-0.3, -0.25) is 14.4 Å². The molecule has 0 radical (unpaired) electrons. The zero-order valence-corrected chi connectivity index (χ0v) is 24.7.